The molecule has 0 fully saturated rings. The number of guanidine groups is 2. The van der Waals surface area contributed by atoms with E-state index in [0.29, 0.717) is 0 Å². The topological polar surface area (TPSA) is 116 Å². The molecular formula is C8H14N6S. The number of aromatic nitrogens is 1. The van der Waals surface area contributed by atoms with E-state index in [1.54, 1.807) is 17.5 Å². The van der Waals surface area contributed by atoms with Crippen molar-refractivity contribution in [3.05, 3.63) is 16.1 Å². The maximum Gasteiger partial charge on any atom is 0.219 e. The van der Waals surface area contributed by atoms with Crippen LogP contribution < -0.4 is 17.2 Å². The fourth-order valence-corrected chi connectivity index (χ4v) is 1.74. The Kier molecular flexibility index (Phi) is 3.62. The second-order valence-corrected chi connectivity index (χ2v) is 4.28. The van der Waals surface area contributed by atoms with Gasteiger partial charge < -0.3 is 17.2 Å². The standard InChI is InChI=1S/C8H14N6S/c1-4-3-12-6(15-4)5(2)13-8(11)14-7(9)10/h3,5H,1-2H3,(H6,9,10,11,13,14). The molecule has 82 valence electrons. The minimum atomic E-state index is -0.133. The van der Waals surface area contributed by atoms with E-state index in [4.69, 9.17) is 17.2 Å². The maximum absolute atomic E-state index is 5.50. The smallest absolute Gasteiger partial charge is 0.219 e. The van der Waals surface area contributed by atoms with Gasteiger partial charge >= 0.3 is 0 Å². The summed E-state index contributed by atoms with van der Waals surface area (Å²) in [5.74, 6) is -0.0332. The van der Waals surface area contributed by atoms with Gasteiger partial charge in [0.25, 0.3) is 0 Å². The zero-order valence-corrected chi connectivity index (χ0v) is 9.45. The molecule has 1 heterocycles. The van der Waals surface area contributed by atoms with Crippen molar-refractivity contribution in [3.63, 3.8) is 0 Å². The van der Waals surface area contributed by atoms with Gasteiger partial charge in [0.05, 0.1) is 0 Å². The number of rotatable bonds is 2. The Morgan fingerprint density at radius 3 is 2.60 bits per heavy atom. The molecular weight excluding hydrogens is 212 g/mol. The minimum absolute atomic E-state index is 0.0651. The highest BCUT2D eigenvalue weighted by molar-refractivity contribution is 7.11. The van der Waals surface area contributed by atoms with Crippen LogP contribution in [0.25, 0.3) is 0 Å². The van der Waals surface area contributed by atoms with Crippen LogP contribution in [0.5, 0.6) is 0 Å². The number of hydrogen-bond acceptors (Lipinski definition) is 3. The van der Waals surface area contributed by atoms with Gasteiger partial charge in [-0.2, -0.15) is 4.99 Å². The van der Waals surface area contributed by atoms with Crippen LogP contribution in [0.3, 0.4) is 0 Å². The Labute approximate surface area is 91.9 Å². The highest BCUT2D eigenvalue weighted by Gasteiger charge is 2.08. The van der Waals surface area contributed by atoms with Crippen LogP contribution in [0.2, 0.25) is 0 Å². The molecule has 1 aromatic rings. The lowest BCUT2D eigenvalue weighted by atomic mass is 10.4. The summed E-state index contributed by atoms with van der Waals surface area (Å²) in [5.41, 5.74) is 15.8. The number of nitrogens with zero attached hydrogens (tertiary/aromatic N) is 3. The Balaban J connectivity index is 2.78. The third kappa shape index (κ3) is 3.55. The average molecular weight is 226 g/mol. The summed E-state index contributed by atoms with van der Waals surface area (Å²) in [7, 11) is 0. The van der Waals surface area contributed by atoms with Crippen molar-refractivity contribution in [2.24, 2.45) is 27.2 Å². The van der Waals surface area contributed by atoms with E-state index in [2.05, 4.69) is 15.0 Å². The molecule has 0 saturated carbocycles. The maximum atomic E-state index is 5.50. The van der Waals surface area contributed by atoms with E-state index in [0.717, 1.165) is 9.88 Å². The Bertz CT molecular complexity index is 390. The number of aliphatic imine (C=N–C) groups is 2. The molecule has 1 rings (SSSR count). The summed E-state index contributed by atoms with van der Waals surface area (Å²) in [6.07, 6.45) is 1.79. The average Bonchev–Trinajstić information content (AvgIpc) is 2.49. The van der Waals surface area contributed by atoms with E-state index < -0.39 is 0 Å². The van der Waals surface area contributed by atoms with Gasteiger partial charge in [-0.15, -0.1) is 11.3 Å². The fourth-order valence-electron chi connectivity index (χ4n) is 0.980. The predicted octanol–water partition coefficient (Wildman–Crippen LogP) is 0.101. The molecule has 0 amide bonds. The van der Waals surface area contributed by atoms with Crippen molar-refractivity contribution >= 4 is 23.3 Å². The normalized spacial score (nSPS) is 13.6. The predicted molar refractivity (Wildman–Crippen MR) is 62.7 cm³/mol. The van der Waals surface area contributed by atoms with Crippen molar-refractivity contribution in [1.82, 2.24) is 4.98 Å². The summed E-state index contributed by atoms with van der Waals surface area (Å²) < 4.78 is 0. The summed E-state index contributed by atoms with van der Waals surface area (Å²) in [5, 5.41) is 0.890. The Morgan fingerprint density at radius 2 is 2.13 bits per heavy atom. The van der Waals surface area contributed by atoms with Crippen molar-refractivity contribution in [1.29, 1.82) is 0 Å². The van der Waals surface area contributed by atoms with Crippen LogP contribution in [0.1, 0.15) is 22.9 Å². The number of nitrogens with two attached hydrogens (primary N) is 3. The lowest BCUT2D eigenvalue weighted by molar-refractivity contribution is 0.805. The van der Waals surface area contributed by atoms with Gasteiger partial charge in [-0.1, -0.05) is 0 Å². The first-order valence-electron chi connectivity index (χ1n) is 4.34. The molecule has 0 aliphatic rings. The molecule has 6 N–H and O–H groups in total. The van der Waals surface area contributed by atoms with Crippen molar-refractivity contribution < 1.29 is 0 Å². The molecule has 0 aliphatic heterocycles. The number of thiazole rings is 1. The van der Waals surface area contributed by atoms with Crippen molar-refractivity contribution in [3.8, 4) is 0 Å². The van der Waals surface area contributed by atoms with Gasteiger partial charge in [0.2, 0.25) is 5.96 Å². The molecule has 0 radical (unpaired) electrons. The van der Waals surface area contributed by atoms with Gasteiger partial charge in [-0.3, -0.25) is 0 Å². The Hall–Kier alpha value is -1.63. The van der Waals surface area contributed by atoms with Crippen LogP contribution in [0, 0.1) is 6.92 Å². The lowest BCUT2D eigenvalue weighted by Crippen LogP contribution is -2.26. The molecule has 7 heteroatoms. The number of aryl methyl sites for hydroxylation is 1. The summed E-state index contributed by atoms with van der Waals surface area (Å²) in [6.45, 7) is 3.87. The van der Waals surface area contributed by atoms with E-state index in [-0.39, 0.29) is 18.0 Å². The van der Waals surface area contributed by atoms with E-state index in [9.17, 15) is 0 Å². The molecule has 0 aliphatic carbocycles. The lowest BCUT2D eigenvalue weighted by Gasteiger charge is -2.01. The van der Waals surface area contributed by atoms with E-state index in [1.807, 2.05) is 13.8 Å². The van der Waals surface area contributed by atoms with Gasteiger partial charge in [0, 0.05) is 11.1 Å². The van der Waals surface area contributed by atoms with Crippen LogP contribution in [-0.4, -0.2) is 16.9 Å². The number of hydrogen-bond donors (Lipinski definition) is 3. The monoisotopic (exact) mass is 226 g/mol. The molecule has 0 aromatic carbocycles. The van der Waals surface area contributed by atoms with Crippen LogP contribution in [0.4, 0.5) is 0 Å². The zero-order valence-electron chi connectivity index (χ0n) is 8.64. The summed E-state index contributed by atoms with van der Waals surface area (Å²) in [6, 6.07) is -0.133. The first-order chi connectivity index (χ1) is 6.99. The molecule has 1 atom stereocenters. The summed E-state index contributed by atoms with van der Waals surface area (Å²) >= 11 is 1.57. The minimum Gasteiger partial charge on any atom is -0.370 e. The first kappa shape index (κ1) is 11.4. The second kappa shape index (κ2) is 4.74. The third-order valence-corrected chi connectivity index (χ3v) is 2.65. The molecule has 0 saturated heterocycles. The third-order valence-electron chi connectivity index (χ3n) is 1.57. The fraction of sp³-hybridized carbons (Fsp3) is 0.375. The van der Waals surface area contributed by atoms with Crippen LogP contribution >= 0.6 is 11.3 Å². The molecule has 15 heavy (non-hydrogen) atoms. The van der Waals surface area contributed by atoms with Crippen molar-refractivity contribution in [2.75, 3.05) is 0 Å². The quantitative estimate of drug-likeness (QED) is 0.490. The Morgan fingerprint density at radius 1 is 1.47 bits per heavy atom. The first-order valence-corrected chi connectivity index (χ1v) is 5.16. The zero-order chi connectivity index (χ0) is 11.4. The van der Waals surface area contributed by atoms with E-state index in [1.165, 1.54) is 0 Å². The van der Waals surface area contributed by atoms with Gasteiger partial charge in [-0.05, 0) is 13.8 Å². The molecule has 1 unspecified atom stereocenters. The van der Waals surface area contributed by atoms with E-state index >= 15 is 0 Å². The largest absolute Gasteiger partial charge is 0.370 e. The van der Waals surface area contributed by atoms with Gasteiger partial charge in [0.1, 0.15) is 11.0 Å². The SMILES string of the molecule is Cc1cnc(C(C)N=C(N)N=C(N)N)s1. The molecule has 0 bridgehead atoms. The highest BCUT2D eigenvalue weighted by atomic mass is 32.1. The van der Waals surface area contributed by atoms with Gasteiger partial charge in [-0.25, -0.2) is 9.98 Å². The van der Waals surface area contributed by atoms with Gasteiger partial charge in [0.15, 0.2) is 5.96 Å². The van der Waals surface area contributed by atoms with Crippen LogP contribution in [-0.2, 0) is 0 Å². The van der Waals surface area contributed by atoms with Crippen molar-refractivity contribution in [2.45, 2.75) is 19.9 Å². The molecule has 0 spiro atoms. The summed E-state index contributed by atoms with van der Waals surface area (Å²) in [4.78, 5) is 13.0. The second-order valence-electron chi connectivity index (χ2n) is 3.01. The van der Waals surface area contributed by atoms with Crippen LogP contribution in [0.15, 0.2) is 16.2 Å². The highest BCUT2D eigenvalue weighted by Crippen LogP contribution is 2.21. The molecule has 6 nitrogen and oxygen atoms in total. The molecule has 1 aromatic heterocycles.